The van der Waals surface area contributed by atoms with Crippen molar-refractivity contribution in [1.82, 2.24) is 4.98 Å². The number of pyridine rings is 1. The molecule has 0 saturated carbocycles. The molecule has 0 unspecified atom stereocenters. The topological polar surface area (TPSA) is 42.2 Å². The van der Waals surface area contributed by atoms with Crippen molar-refractivity contribution in [2.75, 3.05) is 11.4 Å². The SMILES string of the molecule is CCN(Cc1ccccn1)c1ccc(CN)c(Br)c1. The Kier molecular flexibility index (Phi) is 4.93. The number of hydrogen-bond donors (Lipinski definition) is 1. The van der Waals surface area contributed by atoms with Gasteiger partial charge in [-0.15, -0.1) is 0 Å². The molecular weight excluding hydrogens is 302 g/mol. The van der Waals surface area contributed by atoms with Crippen LogP contribution >= 0.6 is 15.9 Å². The van der Waals surface area contributed by atoms with Crippen LogP contribution in [0.3, 0.4) is 0 Å². The number of halogens is 1. The average Bonchev–Trinajstić information content (AvgIpc) is 2.46. The first-order chi connectivity index (χ1) is 9.24. The molecule has 0 spiro atoms. The van der Waals surface area contributed by atoms with E-state index in [0.29, 0.717) is 6.54 Å². The molecule has 0 atom stereocenters. The third-order valence-electron chi connectivity index (χ3n) is 3.08. The van der Waals surface area contributed by atoms with Gasteiger partial charge in [-0.2, -0.15) is 0 Å². The van der Waals surface area contributed by atoms with Gasteiger partial charge >= 0.3 is 0 Å². The largest absolute Gasteiger partial charge is 0.366 e. The molecule has 0 fully saturated rings. The Morgan fingerprint density at radius 2 is 2.11 bits per heavy atom. The molecule has 100 valence electrons. The summed E-state index contributed by atoms with van der Waals surface area (Å²) >= 11 is 3.57. The van der Waals surface area contributed by atoms with Crippen molar-refractivity contribution in [3.8, 4) is 0 Å². The van der Waals surface area contributed by atoms with Gasteiger partial charge in [0.15, 0.2) is 0 Å². The van der Waals surface area contributed by atoms with Crippen LogP contribution < -0.4 is 10.6 Å². The summed E-state index contributed by atoms with van der Waals surface area (Å²) in [6.07, 6.45) is 1.83. The summed E-state index contributed by atoms with van der Waals surface area (Å²) in [5.41, 5.74) is 9.05. The second-order valence-electron chi connectivity index (χ2n) is 4.32. The molecule has 2 N–H and O–H groups in total. The van der Waals surface area contributed by atoms with Crippen LogP contribution in [0.4, 0.5) is 5.69 Å². The standard InChI is InChI=1S/C15H18BrN3/c1-2-19(11-13-5-3-4-8-18-13)14-7-6-12(10-17)15(16)9-14/h3-9H,2,10-11,17H2,1H3. The van der Waals surface area contributed by atoms with E-state index < -0.39 is 0 Å². The molecule has 2 aromatic rings. The van der Waals surface area contributed by atoms with Crippen LogP contribution in [-0.4, -0.2) is 11.5 Å². The average molecular weight is 320 g/mol. The zero-order valence-corrected chi connectivity index (χ0v) is 12.6. The van der Waals surface area contributed by atoms with Crippen LogP contribution in [0.15, 0.2) is 47.1 Å². The van der Waals surface area contributed by atoms with Crippen LogP contribution in [-0.2, 0) is 13.1 Å². The van der Waals surface area contributed by atoms with Gasteiger partial charge in [-0.05, 0) is 36.8 Å². The lowest BCUT2D eigenvalue weighted by Gasteiger charge is -2.23. The van der Waals surface area contributed by atoms with E-state index in [0.717, 1.165) is 28.8 Å². The van der Waals surface area contributed by atoms with Gasteiger partial charge in [0.05, 0.1) is 12.2 Å². The summed E-state index contributed by atoms with van der Waals surface area (Å²) in [6, 6.07) is 12.3. The van der Waals surface area contributed by atoms with Gasteiger partial charge in [0, 0.05) is 29.4 Å². The third kappa shape index (κ3) is 3.55. The molecule has 2 rings (SSSR count). The lowest BCUT2D eigenvalue weighted by atomic mass is 10.2. The zero-order valence-electron chi connectivity index (χ0n) is 11.0. The van der Waals surface area contributed by atoms with Crippen LogP contribution in [0.1, 0.15) is 18.2 Å². The van der Waals surface area contributed by atoms with E-state index in [9.17, 15) is 0 Å². The van der Waals surface area contributed by atoms with Crippen molar-refractivity contribution < 1.29 is 0 Å². The predicted octanol–water partition coefficient (Wildman–Crippen LogP) is 3.33. The van der Waals surface area contributed by atoms with Crippen molar-refractivity contribution in [3.63, 3.8) is 0 Å². The van der Waals surface area contributed by atoms with Crippen molar-refractivity contribution in [2.45, 2.75) is 20.0 Å². The monoisotopic (exact) mass is 319 g/mol. The molecule has 4 heteroatoms. The number of benzene rings is 1. The second-order valence-corrected chi connectivity index (χ2v) is 5.17. The molecule has 3 nitrogen and oxygen atoms in total. The number of rotatable bonds is 5. The minimum absolute atomic E-state index is 0.549. The van der Waals surface area contributed by atoms with Crippen molar-refractivity contribution in [1.29, 1.82) is 0 Å². The van der Waals surface area contributed by atoms with Crippen molar-refractivity contribution in [3.05, 3.63) is 58.3 Å². The van der Waals surface area contributed by atoms with Crippen LogP contribution in [0.2, 0.25) is 0 Å². The van der Waals surface area contributed by atoms with Gasteiger partial charge in [-0.3, -0.25) is 4.98 Å². The van der Waals surface area contributed by atoms with Crippen LogP contribution in [0.25, 0.3) is 0 Å². The highest BCUT2D eigenvalue weighted by Crippen LogP contribution is 2.24. The van der Waals surface area contributed by atoms with Gasteiger partial charge in [0.2, 0.25) is 0 Å². The van der Waals surface area contributed by atoms with Crippen LogP contribution in [0, 0.1) is 0 Å². The smallest absolute Gasteiger partial charge is 0.0601 e. The minimum Gasteiger partial charge on any atom is -0.366 e. The number of nitrogens with zero attached hydrogens (tertiary/aromatic N) is 2. The van der Waals surface area contributed by atoms with Gasteiger partial charge in [-0.1, -0.05) is 28.1 Å². The molecule has 0 amide bonds. The quantitative estimate of drug-likeness (QED) is 0.919. The highest BCUT2D eigenvalue weighted by atomic mass is 79.9. The maximum absolute atomic E-state index is 5.68. The summed E-state index contributed by atoms with van der Waals surface area (Å²) in [6.45, 7) is 4.44. The number of hydrogen-bond acceptors (Lipinski definition) is 3. The summed E-state index contributed by atoms with van der Waals surface area (Å²) in [5, 5.41) is 0. The molecule has 0 saturated heterocycles. The lowest BCUT2D eigenvalue weighted by Crippen LogP contribution is -2.22. The summed E-state index contributed by atoms with van der Waals surface area (Å²) in [4.78, 5) is 6.66. The fourth-order valence-corrected chi connectivity index (χ4v) is 2.50. The lowest BCUT2D eigenvalue weighted by molar-refractivity contribution is 0.809. The van der Waals surface area contributed by atoms with Crippen LogP contribution in [0.5, 0.6) is 0 Å². The maximum atomic E-state index is 5.68. The van der Waals surface area contributed by atoms with E-state index in [4.69, 9.17) is 5.73 Å². The van der Waals surface area contributed by atoms with E-state index in [1.807, 2.05) is 24.4 Å². The Bertz CT molecular complexity index is 528. The minimum atomic E-state index is 0.549. The number of anilines is 1. The number of aromatic nitrogens is 1. The highest BCUT2D eigenvalue weighted by Gasteiger charge is 2.08. The maximum Gasteiger partial charge on any atom is 0.0601 e. The van der Waals surface area contributed by atoms with E-state index in [2.05, 4.69) is 50.9 Å². The molecule has 0 aliphatic carbocycles. The zero-order chi connectivity index (χ0) is 13.7. The van der Waals surface area contributed by atoms with Gasteiger partial charge in [0.25, 0.3) is 0 Å². The van der Waals surface area contributed by atoms with Gasteiger partial charge < -0.3 is 10.6 Å². The first kappa shape index (κ1) is 14.0. The Hall–Kier alpha value is -1.39. The van der Waals surface area contributed by atoms with Gasteiger partial charge in [0.1, 0.15) is 0 Å². The summed E-state index contributed by atoms with van der Waals surface area (Å²) in [5.74, 6) is 0. The van der Waals surface area contributed by atoms with E-state index in [1.54, 1.807) is 0 Å². The molecule has 19 heavy (non-hydrogen) atoms. The number of nitrogens with two attached hydrogens (primary N) is 1. The van der Waals surface area contributed by atoms with Crippen molar-refractivity contribution in [2.24, 2.45) is 5.73 Å². The molecule has 1 aromatic heterocycles. The molecule has 0 aliphatic heterocycles. The molecule has 0 radical (unpaired) electrons. The molecular formula is C15H18BrN3. The van der Waals surface area contributed by atoms with Crippen molar-refractivity contribution >= 4 is 21.6 Å². The first-order valence-electron chi connectivity index (χ1n) is 6.38. The molecule has 1 heterocycles. The molecule has 0 bridgehead atoms. The fraction of sp³-hybridized carbons (Fsp3) is 0.267. The predicted molar refractivity (Wildman–Crippen MR) is 83.0 cm³/mol. The first-order valence-corrected chi connectivity index (χ1v) is 7.17. The highest BCUT2D eigenvalue weighted by molar-refractivity contribution is 9.10. The van der Waals surface area contributed by atoms with E-state index in [1.165, 1.54) is 5.69 Å². The van der Waals surface area contributed by atoms with E-state index >= 15 is 0 Å². The Morgan fingerprint density at radius 3 is 2.68 bits per heavy atom. The fourth-order valence-electron chi connectivity index (χ4n) is 1.97. The normalized spacial score (nSPS) is 10.5. The Morgan fingerprint density at radius 1 is 1.26 bits per heavy atom. The summed E-state index contributed by atoms with van der Waals surface area (Å²) in [7, 11) is 0. The van der Waals surface area contributed by atoms with E-state index in [-0.39, 0.29) is 0 Å². The molecule has 1 aromatic carbocycles. The second kappa shape index (κ2) is 6.68. The third-order valence-corrected chi connectivity index (χ3v) is 3.82. The Balaban J connectivity index is 2.20. The summed E-state index contributed by atoms with van der Waals surface area (Å²) < 4.78 is 1.06. The molecule has 0 aliphatic rings. The van der Waals surface area contributed by atoms with Gasteiger partial charge in [-0.25, -0.2) is 0 Å². The Labute approximate surface area is 122 Å².